The zero-order valence-corrected chi connectivity index (χ0v) is 20.5. The molecule has 8 heteroatoms. The average molecular weight is 490 g/mol. The Morgan fingerprint density at radius 1 is 1.09 bits per heavy atom. The van der Waals surface area contributed by atoms with Crippen molar-refractivity contribution < 1.29 is 17.9 Å². The SMILES string of the molecule is COc1ccc(S(=O)(=O)N(CC(=O)Nc2ccc(C3(C#N)CC3)cc2)Cc2ccccc2)cc1C. The number of hydrogen-bond donors (Lipinski definition) is 1. The topological polar surface area (TPSA) is 99.5 Å². The summed E-state index contributed by atoms with van der Waals surface area (Å²) < 4.78 is 33.5. The van der Waals surface area contributed by atoms with Crippen LogP contribution in [0.2, 0.25) is 0 Å². The van der Waals surface area contributed by atoms with Crippen molar-refractivity contribution >= 4 is 21.6 Å². The van der Waals surface area contributed by atoms with Gasteiger partial charge in [-0.25, -0.2) is 8.42 Å². The van der Waals surface area contributed by atoms with E-state index in [0.717, 1.165) is 24.0 Å². The molecule has 0 atom stereocenters. The van der Waals surface area contributed by atoms with E-state index < -0.39 is 21.3 Å². The molecule has 1 N–H and O–H groups in total. The summed E-state index contributed by atoms with van der Waals surface area (Å²) in [5.74, 6) is 0.132. The van der Waals surface area contributed by atoms with Gasteiger partial charge in [-0.2, -0.15) is 9.57 Å². The molecule has 0 radical (unpaired) electrons. The van der Waals surface area contributed by atoms with Crippen LogP contribution in [0, 0.1) is 18.3 Å². The molecule has 1 fully saturated rings. The van der Waals surface area contributed by atoms with Crippen LogP contribution in [-0.2, 0) is 26.8 Å². The van der Waals surface area contributed by atoms with E-state index in [1.54, 1.807) is 31.2 Å². The molecule has 1 amide bonds. The standard InChI is InChI=1S/C27H27N3O4S/c1-20-16-24(12-13-25(20)34-2)35(32,33)30(17-21-6-4-3-5-7-21)18-26(31)29-23-10-8-22(9-11-23)27(19-28)14-15-27/h3-13,16H,14-15,17-18H2,1-2H3,(H,29,31). The largest absolute Gasteiger partial charge is 0.496 e. The van der Waals surface area contributed by atoms with Gasteiger partial charge in [0.05, 0.1) is 30.0 Å². The van der Waals surface area contributed by atoms with Gasteiger partial charge in [-0.15, -0.1) is 0 Å². The van der Waals surface area contributed by atoms with Gasteiger partial charge in [0.15, 0.2) is 0 Å². The lowest BCUT2D eigenvalue weighted by Gasteiger charge is -2.22. The van der Waals surface area contributed by atoms with Gasteiger partial charge in [-0.1, -0.05) is 42.5 Å². The molecule has 0 bridgehead atoms. The number of amides is 1. The van der Waals surface area contributed by atoms with Crippen LogP contribution in [0.15, 0.2) is 77.7 Å². The number of carbonyl (C=O) groups excluding carboxylic acids is 1. The predicted molar refractivity (Wildman–Crippen MR) is 133 cm³/mol. The fourth-order valence-electron chi connectivity index (χ4n) is 4.00. The minimum absolute atomic E-state index is 0.0469. The molecular weight excluding hydrogens is 462 g/mol. The van der Waals surface area contributed by atoms with E-state index >= 15 is 0 Å². The van der Waals surface area contributed by atoms with Crippen molar-refractivity contribution in [3.63, 3.8) is 0 Å². The van der Waals surface area contributed by atoms with Crippen molar-refractivity contribution in [2.45, 2.75) is 36.6 Å². The normalized spacial score (nSPS) is 14.2. The van der Waals surface area contributed by atoms with E-state index in [-0.39, 0.29) is 18.0 Å². The predicted octanol–water partition coefficient (Wildman–Crippen LogP) is 4.39. The molecule has 0 saturated heterocycles. The molecule has 0 aliphatic heterocycles. The number of sulfonamides is 1. The Balaban J connectivity index is 1.55. The van der Waals surface area contributed by atoms with E-state index in [4.69, 9.17) is 4.74 Å². The third-order valence-corrected chi connectivity index (χ3v) is 8.00. The minimum atomic E-state index is -3.97. The Morgan fingerprint density at radius 3 is 2.34 bits per heavy atom. The van der Waals surface area contributed by atoms with Crippen LogP contribution in [0.3, 0.4) is 0 Å². The summed E-state index contributed by atoms with van der Waals surface area (Å²) in [5, 5.41) is 12.2. The number of nitriles is 1. The van der Waals surface area contributed by atoms with Crippen LogP contribution < -0.4 is 10.1 Å². The summed E-state index contributed by atoms with van der Waals surface area (Å²) in [5.41, 5.74) is 2.53. The number of ether oxygens (including phenoxy) is 1. The molecule has 7 nitrogen and oxygen atoms in total. The van der Waals surface area contributed by atoms with Crippen molar-refractivity contribution in [2.24, 2.45) is 0 Å². The molecule has 1 saturated carbocycles. The number of nitrogens with zero attached hydrogens (tertiary/aromatic N) is 2. The lowest BCUT2D eigenvalue weighted by atomic mass is 9.98. The van der Waals surface area contributed by atoms with E-state index in [1.165, 1.54) is 17.5 Å². The summed E-state index contributed by atoms with van der Waals surface area (Å²) in [4.78, 5) is 13.0. The fraction of sp³-hybridized carbons (Fsp3) is 0.259. The maximum Gasteiger partial charge on any atom is 0.243 e. The first-order valence-electron chi connectivity index (χ1n) is 11.3. The van der Waals surface area contributed by atoms with Gasteiger partial charge >= 0.3 is 0 Å². The molecule has 1 aliphatic carbocycles. The van der Waals surface area contributed by atoms with Gasteiger partial charge in [-0.3, -0.25) is 4.79 Å². The molecule has 3 aromatic rings. The summed E-state index contributed by atoms with van der Waals surface area (Å²) in [7, 11) is -2.45. The van der Waals surface area contributed by atoms with Crippen molar-refractivity contribution in [1.29, 1.82) is 5.26 Å². The average Bonchev–Trinajstić information content (AvgIpc) is 3.66. The summed E-state index contributed by atoms with van der Waals surface area (Å²) >= 11 is 0. The molecular formula is C27H27N3O4S. The first-order chi connectivity index (χ1) is 16.8. The first kappa shape index (κ1) is 24.5. The number of anilines is 1. The van der Waals surface area contributed by atoms with Crippen molar-refractivity contribution in [3.05, 3.63) is 89.5 Å². The highest BCUT2D eigenvalue weighted by Gasteiger charge is 2.44. The molecule has 3 aromatic carbocycles. The van der Waals surface area contributed by atoms with Gasteiger partial charge in [0, 0.05) is 12.2 Å². The van der Waals surface area contributed by atoms with E-state index in [1.807, 2.05) is 42.5 Å². The van der Waals surface area contributed by atoms with Crippen LogP contribution in [-0.4, -0.2) is 32.3 Å². The number of aryl methyl sites for hydroxylation is 1. The zero-order chi connectivity index (χ0) is 25.1. The second-order valence-electron chi connectivity index (χ2n) is 8.71. The van der Waals surface area contributed by atoms with Gasteiger partial charge in [0.1, 0.15) is 5.75 Å². The van der Waals surface area contributed by atoms with Gasteiger partial charge < -0.3 is 10.1 Å². The quantitative estimate of drug-likeness (QED) is 0.481. The third-order valence-electron chi connectivity index (χ3n) is 6.21. The summed E-state index contributed by atoms with van der Waals surface area (Å²) in [6.07, 6.45) is 1.68. The summed E-state index contributed by atoms with van der Waals surface area (Å²) in [6.45, 7) is 1.46. The molecule has 0 aromatic heterocycles. The van der Waals surface area contributed by atoms with Crippen molar-refractivity contribution in [2.75, 3.05) is 19.0 Å². The Morgan fingerprint density at radius 2 is 1.77 bits per heavy atom. The second-order valence-corrected chi connectivity index (χ2v) is 10.6. The molecule has 0 unspecified atom stereocenters. The highest BCUT2D eigenvalue weighted by molar-refractivity contribution is 7.89. The van der Waals surface area contributed by atoms with Gasteiger partial charge in [0.2, 0.25) is 15.9 Å². The minimum Gasteiger partial charge on any atom is -0.496 e. The number of methoxy groups -OCH3 is 1. The Hall–Kier alpha value is -3.67. The molecule has 180 valence electrons. The highest BCUT2D eigenvalue weighted by atomic mass is 32.2. The Bertz CT molecular complexity index is 1360. The number of benzene rings is 3. The van der Waals surface area contributed by atoms with E-state index in [2.05, 4.69) is 11.4 Å². The van der Waals surface area contributed by atoms with Crippen LogP contribution >= 0.6 is 0 Å². The fourth-order valence-corrected chi connectivity index (χ4v) is 5.47. The monoisotopic (exact) mass is 489 g/mol. The van der Waals surface area contributed by atoms with Gasteiger partial charge in [0.25, 0.3) is 0 Å². The maximum atomic E-state index is 13.5. The molecule has 1 aliphatic rings. The number of rotatable bonds is 9. The van der Waals surface area contributed by atoms with Crippen LogP contribution in [0.1, 0.15) is 29.5 Å². The third kappa shape index (κ3) is 5.37. The van der Waals surface area contributed by atoms with Crippen molar-refractivity contribution in [1.82, 2.24) is 4.31 Å². The molecule has 35 heavy (non-hydrogen) atoms. The second kappa shape index (κ2) is 9.90. The Kier molecular flexibility index (Phi) is 6.92. The molecule has 0 spiro atoms. The first-order valence-corrected chi connectivity index (χ1v) is 12.7. The lowest BCUT2D eigenvalue weighted by Crippen LogP contribution is -2.37. The zero-order valence-electron chi connectivity index (χ0n) is 19.7. The number of hydrogen-bond acceptors (Lipinski definition) is 5. The van der Waals surface area contributed by atoms with E-state index in [9.17, 15) is 18.5 Å². The number of carbonyl (C=O) groups is 1. The molecule has 0 heterocycles. The summed E-state index contributed by atoms with van der Waals surface area (Å²) in [6, 6.07) is 23.3. The van der Waals surface area contributed by atoms with Gasteiger partial charge in [-0.05, 0) is 66.8 Å². The lowest BCUT2D eigenvalue weighted by molar-refractivity contribution is -0.116. The van der Waals surface area contributed by atoms with Crippen LogP contribution in [0.5, 0.6) is 5.75 Å². The molecule has 4 rings (SSSR count). The Labute approximate surface area is 206 Å². The van der Waals surface area contributed by atoms with Crippen LogP contribution in [0.4, 0.5) is 5.69 Å². The van der Waals surface area contributed by atoms with E-state index in [0.29, 0.717) is 17.0 Å². The smallest absolute Gasteiger partial charge is 0.243 e. The number of nitrogens with one attached hydrogen (secondary N) is 1. The maximum absolute atomic E-state index is 13.5. The van der Waals surface area contributed by atoms with Crippen molar-refractivity contribution in [3.8, 4) is 11.8 Å². The highest BCUT2D eigenvalue weighted by Crippen LogP contribution is 2.47. The van der Waals surface area contributed by atoms with Crippen LogP contribution in [0.25, 0.3) is 0 Å².